The molecular weight excluding hydrogens is 284 g/mol. The lowest BCUT2D eigenvalue weighted by Gasteiger charge is -2.08. The molecule has 2 rings (SSSR count). The number of pyridine rings is 1. The number of carbonyl (C=O) groups excluding carboxylic acids is 1. The van der Waals surface area contributed by atoms with E-state index in [0.717, 1.165) is 6.07 Å². The number of nitrogens with zero attached hydrogens (tertiary/aromatic N) is 3. The fraction of sp³-hybridized carbons (Fsp3) is 0.462. The molecule has 2 aromatic heterocycles. The van der Waals surface area contributed by atoms with Gasteiger partial charge in [-0.15, -0.1) is 0 Å². The Balaban J connectivity index is 2.57. The Bertz CT molecular complexity index is 721. The minimum Gasteiger partial charge on any atom is -0.469 e. The van der Waals surface area contributed by atoms with Crippen LogP contribution in [0.15, 0.2) is 17.1 Å². The second-order valence-corrected chi connectivity index (χ2v) is 4.44. The van der Waals surface area contributed by atoms with E-state index >= 15 is 0 Å². The van der Waals surface area contributed by atoms with Crippen LogP contribution in [0.4, 0.5) is 8.78 Å². The van der Waals surface area contributed by atoms with Gasteiger partial charge in [0.05, 0.1) is 13.5 Å². The van der Waals surface area contributed by atoms with Crippen molar-refractivity contribution in [1.29, 1.82) is 0 Å². The maximum Gasteiger partial charge on any atom is 0.307 e. The maximum absolute atomic E-state index is 13.0. The molecule has 114 valence electrons. The molecule has 0 spiro atoms. The van der Waals surface area contributed by atoms with E-state index in [1.54, 1.807) is 0 Å². The predicted octanol–water partition coefficient (Wildman–Crippen LogP) is 1.72. The Kier molecular flexibility index (Phi) is 4.35. The molecule has 0 amide bonds. The van der Waals surface area contributed by atoms with Crippen molar-refractivity contribution in [3.05, 3.63) is 28.2 Å². The normalized spacial score (nSPS) is 11.3. The molecule has 0 aromatic carbocycles. The predicted molar refractivity (Wildman–Crippen MR) is 71.3 cm³/mol. The van der Waals surface area contributed by atoms with Crippen molar-refractivity contribution in [3.8, 4) is 0 Å². The van der Waals surface area contributed by atoms with Gasteiger partial charge in [-0.2, -0.15) is 5.10 Å². The largest absolute Gasteiger partial charge is 0.469 e. The number of fused-ring (bicyclic) bond motifs is 1. The molecule has 0 aliphatic rings. The summed E-state index contributed by atoms with van der Waals surface area (Å²) in [6.45, 7) is 2.33. The Morgan fingerprint density at radius 1 is 1.48 bits per heavy atom. The molecule has 0 aliphatic heterocycles. The number of rotatable bonds is 5. The molecule has 2 aromatic rings. The zero-order valence-electron chi connectivity index (χ0n) is 11.7. The molecule has 0 saturated carbocycles. The number of esters is 1. The lowest BCUT2D eigenvalue weighted by molar-refractivity contribution is -0.140. The van der Waals surface area contributed by atoms with E-state index in [2.05, 4.69) is 9.84 Å². The maximum atomic E-state index is 13.0. The average Bonchev–Trinajstić information content (AvgIpc) is 2.88. The summed E-state index contributed by atoms with van der Waals surface area (Å²) in [6.07, 6.45) is -1.31. The van der Waals surface area contributed by atoms with Gasteiger partial charge in [0.2, 0.25) is 0 Å². The van der Waals surface area contributed by atoms with Gasteiger partial charge in [0.1, 0.15) is 0 Å². The van der Waals surface area contributed by atoms with Gasteiger partial charge < -0.3 is 4.74 Å². The summed E-state index contributed by atoms with van der Waals surface area (Å²) >= 11 is 0. The van der Waals surface area contributed by atoms with E-state index in [9.17, 15) is 18.4 Å². The van der Waals surface area contributed by atoms with Gasteiger partial charge in [-0.3, -0.25) is 18.8 Å². The summed E-state index contributed by atoms with van der Waals surface area (Å²) in [4.78, 5) is 23.2. The van der Waals surface area contributed by atoms with Crippen LogP contribution in [0.3, 0.4) is 0 Å². The smallest absolute Gasteiger partial charge is 0.307 e. The van der Waals surface area contributed by atoms with Crippen molar-refractivity contribution >= 4 is 17.0 Å². The highest BCUT2D eigenvalue weighted by molar-refractivity contribution is 5.79. The SMILES string of the molecule is CCn1cc2c(C(F)F)cc(=O)n(CCC(=O)OC)c2n1. The Morgan fingerprint density at radius 3 is 2.76 bits per heavy atom. The monoisotopic (exact) mass is 299 g/mol. The molecule has 0 N–H and O–H groups in total. The minimum atomic E-state index is -2.76. The van der Waals surface area contributed by atoms with Gasteiger partial charge in [0, 0.05) is 36.3 Å². The molecule has 0 atom stereocenters. The number of aromatic nitrogens is 3. The summed E-state index contributed by atoms with van der Waals surface area (Å²) in [5.74, 6) is -0.483. The molecule has 0 fully saturated rings. The van der Waals surface area contributed by atoms with Crippen molar-refractivity contribution in [3.63, 3.8) is 0 Å². The number of alkyl halides is 2. The second kappa shape index (κ2) is 6.02. The zero-order valence-corrected chi connectivity index (χ0v) is 11.7. The molecule has 6 nitrogen and oxygen atoms in total. The number of methoxy groups -OCH3 is 1. The number of hydrogen-bond donors (Lipinski definition) is 0. The number of carbonyl (C=O) groups is 1. The van der Waals surface area contributed by atoms with E-state index in [0.29, 0.717) is 6.54 Å². The number of ether oxygens (including phenoxy) is 1. The average molecular weight is 299 g/mol. The highest BCUT2D eigenvalue weighted by atomic mass is 19.3. The van der Waals surface area contributed by atoms with E-state index in [-0.39, 0.29) is 29.6 Å². The standard InChI is InChI=1S/C13H15F2N3O3/c1-3-17-7-9-8(12(14)15)6-10(19)18(13(9)16-17)5-4-11(20)21-2/h6-7,12H,3-5H2,1-2H3. The Labute approximate surface area is 118 Å². The summed E-state index contributed by atoms with van der Waals surface area (Å²) in [6, 6.07) is 0.895. The second-order valence-electron chi connectivity index (χ2n) is 4.44. The molecule has 0 aliphatic carbocycles. The molecule has 8 heteroatoms. The summed E-state index contributed by atoms with van der Waals surface area (Å²) in [5.41, 5.74) is -0.796. The lowest BCUT2D eigenvalue weighted by atomic mass is 10.2. The van der Waals surface area contributed by atoms with Crippen LogP contribution in [0.1, 0.15) is 25.3 Å². The van der Waals surface area contributed by atoms with Crippen LogP contribution < -0.4 is 5.56 Å². The quantitative estimate of drug-likeness (QED) is 0.788. The van der Waals surface area contributed by atoms with Crippen LogP contribution >= 0.6 is 0 Å². The molecule has 0 saturated heterocycles. The Morgan fingerprint density at radius 2 is 2.19 bits per heavy atom. The van der Waals surface area contributed by atoms with E-state index in [1.807, 2.05) is 6.92 Å². The van der Waals surface area contributed by atoms with Crippen LogP contribution in [0.5, 0.6) is 0 Å². The van der Waals surface area contributed by atoms with Crippen molar-refractivity contribution < 1.29 is 18.3 Å². The van der Waals surface area contributed by atoms with Gasteiger partial charge in [-0.1, -0.05) is 0 Å². The molecule has 0 unspecified atom stereocenters. The van der Waals surface area contributed by atoms with Crippen LogP contribution in [0.25, 0.3) is 11.0 Å². The van der Waals surface area contributed by atoms with Crippen LogP contribution in [0.2, 0.25) is 0 Å². The number of hydrogen-bond acceptors (Lipinski definition) is 4. The van der Waals surface area contributed by atoms with Crippen LogP contribution in [-0.2, 0) is 22.6 Å². The van der Waals surface area contributed by atoms with Gasteiger partial charge in [0.15, 0.2) is 5.65 Å². The van der Waals surface area contributed by atoms with E-state index < -0.39 is 18.0 Å². The summed E-state index contributed by atoms with van der Waals surface area (Å²) in [7, 11) is 1.24. The van der Waals surface area contributed by atoms with Gasteiger partial charge in [-0.25, -0.2) is 8.78 Å². The molecule has 21 heavy (non-hydrogen) atoms. The number of aryl methyl sites for hydroxylation is 2. The zero-order chi connectivity index (χ0) is 15.6. The van der Waals surface area contributed by atoms with E-state index in [4.69, 9.17) is 0 Å². The molecular formula is C13H15F2N3O3. The van der Waals surface area contributed by atoms with Crippen LogP contribution in [0, 0.1) is 0 Å². The lowest BCUT2D eigenvalue weighted by Crippen LogP contribution is -2.22. The highest BCUT2D eigenvalue weighted by Crippen LogP contribution is 2.25. The van der Waals surface area contributed by atoms with Crippen molar-refractivity contribution in [2.75, 3.05) is 7.11 Å². The van der Waals surface area contributed by atoms with Crippen molar-refractivity contribution in [2.45, 2.75) is 32.9 Å². The fourth-order valence-corrected chi connectivity index (χ4v) is 2.07. The topological polar surface area (TPSA) is 66.1 Å². The first kappa shape index (κ1) is 15.1. The van der Waals surface area contributed by atoms with Crippen LogP contribution in [-0.4, -0.2) is 27.4 Å². The number of halogens is 2. The van der Waals surface area contributed by atoms with Crippen molar-refractivity contribution in [2.24, 2.45) is 0 Å². The third-order valence-electron chi connectivity index (χ3n) is 3.18. The highest BCUT2D eigenvalue weighted by Gasteiger charge is 2.19. The van der Waals surface area contributed by atoms with E-state index in [1.165, 1.54) is 22.6 Å². The fourth-order valence-electron chi connectivity index (χ4n) is 2.07. The summed E-state index contributed by atoms with van der Waals surface area (Å²) in [5, 5.41) is 4.35. The molecule has 2 heterocycles. The third-order valence-corrected chi connectivity index (χ3v) is 3.18. The Hall–Kier alpha value is -2.25. The molecule has 0 radical (unpaired) electrons. The summed E-state index contributed by atoms with van der Waals surface area (Å²) < 4.78 is 33.3. The first-order chi connectivity index (χ1) is 9.97. The van der Waals surface area contributed by atoms with Gasteiger partial charge >= 0.3 is 5.97 Å². The molecule has 0 bridgehead atoms. The van der Waals surface area contributed by atoms with Gasteiger partial charge in [0.25, 0.3) is 12.0 Å². The first-order valence-corrected chi connectivity index (χ1v) is 6.43. The third kappa shape index (κ3) is 2.93. The van der Waals surface area contributed by atoms with Crippen molar-refractivity contribution in [1.82, 2.24) is 14.3 Å². The first-order valence-electron chi connectivity index (χ1n) is 6.43. The minimum absolute atomic E-state index is 0.0292. The van der Waals surface area contributed by atoms with Gasteiger partial charge in [-0.05, 0) is 6.92 Å².